The van der Waals surface area contributed by atoms with Gasteiger partial charge in [-0.1, -0.05) is 45.0 Å². The number of ether oxygens (including phenoxy) is 2. The molecule has 1 aliphatic heterocycles. The van der Waals surface area contributed by atoms with E-state index < -0.39 is 25.4 Å². The van der Waals surface area contributed by atoms with E-state index in [1.165, 1.54) is 0 Å². The molecule has 1 aromatic rings. The van der Waals surface area contributed by atoms with Crippen molar-refractivity contribution in [2.75, 3.05) is 6.61 Å². The summed E-state index contributed by atoms with van der Waals surface area (Å²) in [6, 6.07) is 6.96. The molecule has 4 nitrogen and oxygen atoms in total. The van der Waals surface area contributed by atoms with Crippen LogP contribution in [0.25, 0.3) is 0 Å². The molecule has 0 aromatic heterocycles. The molecule has 0 bridgehead atoms. The van der Waals surface area contributed by atoms with Crippen molar-refractivity contribution in [3.8, 4) is 0 Å². The van der Waals surface area contributed by atoms with Gasteiger partial charge >= 0.3 is 6.18 Å². The summed E-state index contributed by atoms with van der Waals surface area (Å²) in [6.07, 6.45) is -6.15. The van der Waals surface area contributed by atoms with Gasteiger partial charge in [-0.05, 0) is 17.4 Å². The van der Waals surface area contributed by atoms with Crippen LogP contribution in [0, 0.1) is 5.41 Å². The quantitative estimate of drug-likeness (QED) is 0.644. The van der Waals surface area contributed by atoms with Crippen LogP contribution in [-0.4, -0.2) is 24.3 Å². The van der Waals surface area contributed by atoms with Gasteiger partial charge in [-0.25, -0.2) is 10.1 Å². The Kier molecular flexibility index (Phi) is 5.35. The number of alkyl halides is 3. The second kappa shape index (κ2) is 6.76. The van der Waals surface area contributed by atoms with Crippen LogP contribution >= 0.6 is 0 Å². The van der Waals surface area contributed by atoms with E-state index in [0.29, 0.717) is 12.0 Å². The lowest BCUT2D eigenvalue weighted by molar-refractivity contribution is -0.391. The Morgan fingerprint density at radius 3 is 2.26 bits per heavy atom. The Morgan fingerprint density at radius 2 is 1.74 bits per heavy atom. The molecule has 0 saturated heterocycles. The molecule has 1 heterocycles. The van der Waals surface area contributed by atoms with E-state index in [1.54, 1.807) is 24.3 Å². The number of hydrogen-bond acceptors (Lipinski definition) is 4. The summed E-state index contributed by atoms with van der Waals surface area (Å²) in [7, 11) is 0. The Balaban J connectivity index is 2.30. The van der Waals surface area contributed by atoms with Gasteiger partial charge in [0, 0.05) is 11.5 Å². The third-order valence-corrected chi connectivity index (χ3v) is 3.57. The summed E-state index contributed by atoms with van der Waals surface area (Å²) in [5, 5.41) is 9.13. The van der Waals surface area contributed by atoms with E-state index in [4.69, 9.17) is 14.7 Å². The highest BCUT2D eigenvalue weighted by molar-refractivity contribution is 5.34. The maximum atomic E-state index is 12.4. The van der Waals surface area contributed by atoms with Gasteiger partial charge in [0.05, 0.1) is 0 Å². The summed E-state index contributed by atoms with van der Waals surface area (Å²) in [4.78, 5) is 4.39. The molecule has 23 heavy (non-hydrogen) atoms. The summed E-state index contributed by atoms with van der Waals surface area (Å²) < 4.78 is 47.5. The van der Waals surface area contributed by atoms with Crippen molar-refractivity contribution in [2.24, 2.45) is 5.41 Å². The molecule has 0 spiro atoms. The molecule has 7 heteroatoms. The van der Waals surface area contributed by atoms with Crippen LogP contribution < -0.4 is 0 Å². The average Bonchev–Trinajstić information content (AvgIpc) is 2.44. The van der Waals surface area contributed by atoms with Gasteiger partial charge in [0.15, 0.2) is 6.29 Å². The number of benzene rings is 1. The largest absolute Gasteiger partial charge is 0.411 e. The molecular weight excluding hydrogens is 313 g/mol. The second-order valence-electron chi connectivity index (χ2n) is 6.87. The van der Waals surface area contributed by atoms with Gasteiger partial charge in [-0.2, -0.15) is 13.2 Å². The number of halogens is 3. The summed E-state index contributed by atoms with van der Waals surface area (Å²) in [5.74, 6) is -0.304. The highest BCUT2D eigenvalue weighted by atomic mass is 19.4. The van der Waals surface area contributed by atoms with Crippen molar-refractivity contribution in [2.45, 2.75) is 51.9 Å². The lowest BCUT2D eigenvalue weighted by Crippen LogP contribution is -2.36. The predicted octanol–water partition coefficient (Wildman–Crippen LogP) is 4.63. The zero-order valence-corrected chi connectivity index (χ0v) is 13.3. The maximum Gasteiger partial charge on any atom is 0.411 e. The van der Waals surface area contributed by atoms with Crippen molar-refractivity contribution in [1.82, 2.24) is 0 Å². The van der Waals surface area contributed by atoms with Crippen LogP contribution in [0.1, 0.15) is 50.5 Å². The molecule has 1 N–H and O–H groups in total. The molecule has 1 aliphatic rings. The molecule has 0 amide bonds. The van der Waals surface area contributed by atoms with Gasteiger partial charge < -0.3 is 9.47 Å². The molecule has 130 valence electrons. The van der Waals surface area contributed by atoms with E-state index in [0.717, 1.165) is 5.56 Å². The molecular formula is C16H21F3O4. The fourth-order valence-electron chi connectivity index (χ4n) is 2.76. The Morgan fingerprint density at radius 1 is 1.13 bits per heavy atom. The average molecular weight is 334 g/mol. The van der Waals surface area contributed by atoms with Crippen molar-refractivity contribution < 1.29 is 32.8 Å². The Hall–Kier alpha value is -1.15. The molecule has 0 aliphatic carbocycles. The zero-order valence-electron chi connectivity index (χ0n) is 13.3. The topological polar surface area (TPSA) is 47.9 Å². The van der Waals surface area contributed by atoms with Crippen LogP contribution in [0.5, 0.6) is 0 Å². The Labute approximate surface area is 133 Å². The van der Waals surface area contributed by atoms with Crippen LogP contribution in [0.3, 0.4) is 0 Å². The maximum absolute atomic E-state index is 12.4. The summed E-state index contributed by atoms with van der Waals surface area (Å²) in [5.41, 5.74) is 1.21. The van der Waals surface area contributed by atoms with E-state index in [-0.39, 0.29) is 11.3 Å². The normalized spacial score (nSPS) is 25.3. The summed E-state index contributed by atoms with van der Waals surface area (Å²) in [6.45, 7) is 4.64. The third kappa shape index (κ3) is 4.91. The van der Waals surface area contributed by atoms with Gasteiger partial charge in [-0.3, -0.25) is 0 Å². The molecule has 0 fully saturated rings. The fraction of sp³-hybridized carbons (Fsp3) is 0.625. The first-order chi connectivity index (χ1) is 10.6. The SMILES string of the molecule is CC(C)(C)C[C@@H]1c2ccccc2[C@@H](OCC(F)(F)F)O[C@H]1OO. The smallest absolute Gasteiger partial charge is 0.339 e. The Bertz CT molecular complexity index is 525. The highest BCUT2D eigenvalue weighted by Gasteiger charge is 2.40. The molecule has 2 rings (SSSR count). The highest BCUT2D eigenvalue weighted by Crippen LogP contribution is 2.44. The van der Waals surface area contributed by atoms with E-state index in [9.17, 15) is 13.2 Å². The molecule has 1 aromatic carbocycles. The monoisotopic (exact) mass is 334 g/mol. The van der Waals surface area contributed by atoms with Gasteiger partial charge in [0.2, 0.25) is 6.29 Å². The van der Waals surface area contributed by atoms with Gasteiger partial charge in [0.25, 0.3) is 0 Å². The van der Waals surface area contributed by atoms with Crippen LogP contribution in [0.4, 0.5) is 13.2 Å². The standard InChI is InChI=1S/C16H21F3O4/c1-15(2,3)8-12-10-6-4-5-7-11(10)13(22-14(12)23-20)21-9-16(17,18)19/h4-7,12-14,20H,8-9H2,1-3H3/t12-,13+,14+/m1/s1. The van der Waals surface area contributed by atoms with Crippen molar-refractivity contribution in [3.05, 3.63) is 35.4 Å². The van der Waals surface area contributed by atoms with Crippen LogP contribution in [-0.2, 0) is 14.4 Å². The molecule has 0 unspecified atom stereocenters. The lowest BCUT2D eigenvalue weighted by Gasteiger charge is -2.38. The first-order valence-corrected chi connectivity index (χ1v) is 7.33. The minimum atomic E-state index is -4.46. The minimum Gasteiger partial charge on any atom is -0.339 e. The second-order valence-corrected chi connectivity index (χ2v) is 6.87. The molecule has 0 radical (unpaired) electrons. The minimum absolute atomic E-state index is 0.0857. The van der Waals surface area contributed by atoms with E-state index in [2.05, 4.69) is 4.89 Å². The van der Waals surface area contributed by atoms with Crippen molar-refractivity contribution in [3.63, 3.8) is 0 Å². The number of hydrogen-bond donors (Lipinski definition) is 1. The number of rotatable bonds is 4. The van der Waals surface area contributed by atoms with E-state index >= 15 is 0 Å². The predicted molar refractivity (Wildman–Crippen MR) is 76.6 cm³/mol. The number of fused-ring (bicyclic) bond motifs is 1. The fourth-order valence-corrected chi connectivity index (χ4v) is 2.76. The van der Waals surface area contributed by atoms with E-state index in [1.807, 2.05) is 20.8 Å². The van der Waals surface area contributed by atoms with Crippen LogP contribution in [0.15, 0.2) is 24.3 Å². The first kappa shape index (κ1) is 18.2. The van der Waals surface area contributed by atoms with Crippen molar-refractivity contribution in [1.29, 1.82) is 0 Å². The van der Waals surface area contributed by atoms with Crippen molar-refractivity contribution >= 4 is 0 Å². The zero-order chi connectivity index (χ0) is 17.3. The van der Waals surface area contributed by atoms with Gasteiger partial charge in [0.1, 0.15) is 6.61 Å². The lowest BCUT2D eigenvalue weighted by atomic mass is 9.78. The molecule has 3 atom stereocenters. The molecule has 0 saturated carbocycles. The third-order valence-electron chi connectivity index (χ3n) is 3.57. The first-order valence-electron chi connectivity index (χ1n) is 7.33. The summed E-state index contributed by atoms with van der Waals surface area (Å²) >= 11 is 0. The van der Waals surface area contributed by atoms with Crippen LogP contribution in [0.2, 0.25) is 0 Å². The van der Waals surface area contributed by atoms with Gasteiger partial charge in [-0.15, -0.1) is 0 Å².